The smallest absolute Gasteiger partial charge is 0.335 e. The molecular weight excluding hydrogens is 242 g/mol. The fraction of sp³-hybridized carbons (Fsp3) is 0.357. The Morgan fingerprint density at radius 1 is 1.32 bits per heavy atom. The van der Waals surface area contributed by atoms with Crippen molar-refractivity contribution in [3.63, 3.8) is 0 Å². The number of aromatic carboxylic acids is 1. The fourth-order valence-electron chi connectivity index (χ4n) is 1.94. The number of aromatic nitrogens is 3. The number of carboxylic acid groups (broad SMARTS) is 1. The number of nitrogens with zero attached hydrogens (tertiary/aromatic N) is 3. The number of benzene rings is 1. The molecule has 1 aromatic heterocycles. The number of hydrogen-bond acceptors (Lipinski definition) is 3. The average molecular weight is 259 g/mol. The van der Waals surface area contributed by atoms with Gasteiger partial charge >= 0.3 is 5.97 Å². The third kappa shape index (κ3) is 2.99. The highest BCUT2D eigenvalue weighted by Crippen LogP contribution is 2.09. The van der Waals surface area contributed by atoms with Crippen molar-refractivity contribution in [3.05, 3.63) is 47.0 Å². The number of rotatable bonds is 5. The summed E-state index contributed by atoms with van der Waals surface area (Å²) in [4.78, 5) is 15.4. The summed E-state index contributed by atoms with van der Waals surface area (Å²) in [6, 6.07) is 6.92. The lowest BCUT2D eigenvalue weighted by Gasteiger charge is -2.05. The van der Waals surface area contributed by atoms with E-state index >= 15 is 0 Å². The molecule has 1 N–H and O–H groups in total. The molecule has 0 unspecified atom stereocenters. The minimum Gasteiger partial charge on any atom is -0.478 e. The highest BCUT2D eigenvalue weighted by molar-refractivity contribution is 5.87. The van der Waals surface area contributed by atoms with Crippen molar-refractivity contribution < 1.29 is 9.90 Å². The van der Waals surface area contributed by atoms with Crippen molar-refractivity contribution in [2.75, 3.05) is 0 Å². The lowest BCUT2D eigenvalue weighted by Crippen LogP contribution is -2.07. The van der Waals surface area contributed by atoms with Crippen LogP contribution in [0.2, 0.25) is 0 Å². The molecule has 0 bridgehead atoms. The Bertz CT molecular complexity index is 590. The summed E-state index contributed by atoms with van der Waals surface area (Å²) in [5, 5.41) is 13.4. The molecule has 0 saturated carbocycles. The van der Waals surface area contributed by atoms with Crippen LogP contribution in [0.3, 0.4) is 0 Å². The van der Waals surface area contributed by atoms with Gasteiger partial charge in [0, 0.05) is 12.8 Å². The van der Waals surface area contributed by atoms with Gasteiger partial charge in [0.05, 0.1) is 12.1 Å². The van der Waals surface area contributed by atoms with E-state index in [2.05, 4.69) is 10.1 Å². The maximum atomic E-state index is 10.9. The standard InChI is InChI=1S/C14H17N3O2/c1-3-12-15-13(4-2)17(16-12)9-10-6-5-7-11(8-10)14(18)19/h5-8H,3-4,9H2,1-2H3,(H,18,19). The van der Waals surface area contributed by atoms with E-state index in [-0.39, 0.29) is 0 Å². The van der Waals surface area contributed by atoms with Crippen LogP contribution in [0.5, 0.6) is 0 Å². The Morgan fingerprint density at radius 2 is 2.11 bits per heavy atom. The van der Waals surface area contributed by atoms with Gasteiger partial charge < -0.3 is 5.11 Å². The van der Waals surface area contributed by atoms with Crippen LogP contribution in [0.25, 0.3) is 0 Å². The summed E-state index contributed by atoms with van der Waals surface area (Å²) in [5.74, 6) is 0.842. The summed E-state index contributed by atoms with van der Waals surface area (Å²) in [6.07, 6.45) is 1.61. The first-order valence-electron chi connectivity index (χ1n) is 6.38. The van der Waals surface area contributed by atoms with Crippen LogP contribution in [0.1, 0.15) is 41.4 Å². The monoisotopic (exact) mass is 259 g/mol. The van der Waals surface area contributed by atoms with Gasteiger partial charge in [-0.3, -0.25) is 0 Å². The van der Waals surface area contributed by atoms with E-state index in [9.17, 15) is 4.79 Å². The Kier molecular flexibility index (Phi) is 3.94. The summed E-state index contributed by atoms with van der Waals surface area (Å²) in [6.45, 7) is 4.61. The van der Waals surface area contributed by atoms with Gasteiger partial charge in [-0.2, -0.15) is 5.10 Å². The minimum absolute atomic E-state index is 0.298. The third-order valence-corrected chi connectivity index (χ3v) is 2.93. The summed E-state index contributed by atoms with van der Waals surface area (Å²) in [5.41, 5.74) is 1.22. The molecule has 0 aliphatic carbocycles. The zero-order valence-corrected chi connectivity index (χ0v) is 11.1. The molecule has 5 heteroatoms. The zero-order chi connectivity index (χ0) is 13.8. The number of carbonyl (C=O) groups is 1. The molecule has 0 radical (unpaired) electrons. The predicted octanol–water partition coefficient (Wildman–Crippen LogP) is 2.15. The van der Waals surface area contributed by atoms with Crippen LogP contribution in [-0.2, 0) is 19.4 Å². The van der Waals surface area contributed by atoms with Gasteiger partial charge in [0.15, 0.2) is 5.82 Å². The van der Waals surface area contributed by atoms with E-state index in [1.807, 2.05) is 24.6 Å². The van der Waals surface area contributed by atoms with Crippen LogP contribution in [0, 0.1) is 0 Å². The first-order valence-corrected chi connectivity index (χ1v) is 6.38. The van der Waals surface area contributed by atoms with Crippen molar-refractivity contribution in [2.45, 2.75) is 33.2 Å². The number of carboxylic acids is 1. The van der Waals surface area contributed by atoms with Crippen LogP contribution in [0.4, 0.5) is 0 Å². The lowest BCUT2D eigenvalue weighted by atomic mass is 10.1. The van der Waals surface area contributed by atoms with Gasteiger partial charge in [-0.05, 0) is 17.7 Å². The van der Waals surface area contributed by atoms with E-state index in [0.29, 0.717) is 12.1 Å². The summed E-state index contributed by atoms with van der Waals surface area (Å²) >= 11 is 0. The molecule has 0 saturated heterocycles. The van der Waals surface area contributed by atoms with Gasteiger partial charge in [0.25, 0.3) is 0 Å². The van der Waals surface area contributed by atoms with Gasteiger partial charge in [-0.1, -0.05) is 26.0 Å². The molecule has 0 aliphatic heterocycles. The molecule has 0 aliphatic rings. The Labute approximate surface area is 111 Å². The normalized spacial score (nSPS) is 10.6. The summed E-state index contributed by atoms with van der Waals surface area (Å²) < 4.78 is 1.85. The highest BCUT2D eigenvalue weighted by Gasteiger charge is 2.09. The van der Waals surface area contributed by atoms with Crippen LogP contribution < -0.4 is 0 Å². The Hall–Kier alpha value is -2.17. The molecule has 1 aromatic carbocycles. The van der Waals surface area contributed by atoms with Crippen molar-refractivity contribution in [3.8, 4) is 0 Å². The molecular formula is C14H17N3O2. The maximum absolute atomic E-state index is 10.9. The lowest BCUT2D eigenvalue weighted by molar-refractivity contribution is 0.0696. The largest absolute Gasteiger partial charge is 0.478 e. The highest BCUT2D eigenvalue weighted by atomic mass is 16.4. The SMILES string of the molecule is CCc1nc(CC)n(Cc2cccc(C(=O)O)c2)n1. The van der Waals surface area contributed by atoms with E-state index in [4.69, 9.17) is 5.11 Å². The third-order valence-electron chi connectivity index (χ3n) is 2.93. The molecule has 2 rings (SSSR count). The second-order valence-electron chi connectivity index (χ2n) is 4.31. The second kappa shape index (κ2) is 5.65. The van der Waals surface area contributed by atoms with Gasteiger partial charge in [0.2, 0.25) is 0 Å². The topological polar surface area (TPSA) is 68.0 Å². The quantitative estimate of drug-likeness (QED) is 0.893. The van der Waals surface area contributed by atoms with Crippen molar-refractivity contribution in [1.82, 2.24) is 14.8 Å². The van der Waals surface area contributed by atoms with Gasteiger partial charge in [-0.25, -0.2) is 14.5 Å². The molecule has 0 spiro atoms. The molecule has 0 atom stereocenters. The Morgan fingerprint density at radius 3 is 2.74 bits per heavy atom. The van der Waals surface area contributed by atoms with E-state index < -0.39 is 5.97 Å². The number of hydrogen-bond donors (Lipinski definition) is 1. The van der Waals surface area contributed by atoms with Crippen molar-refractivity contribution in [2.24, 2.45) is 0 Å². The predicted molar refractivity (Wildman–Crippen MR) is 71.3 cm³/mol. The van der Waals surface area contributed by atoms with E-state index in [0.717, 1.165) is 30.1 Å². The molecule has 2 aromatic rings. The van der Waals surface area contributed by atoms with Gasteiger partial charge in [0.1, 0.15) is 5.82 Å². The average Bonchev–Trinajstić information content (AvgIpc) is 2.81. The van der Waals surface area contributed by atoms with Crippen LogP contribution in [-0.4, -0.2) is 25.8 Å². The fourth-order valence-corrected chi connectivity index (χ4v) is 1.94. The molecule has 0 fully saturated rings. The van der Waals surface area contributed by atoms with Gasteiger partial charge in [-0.15, -0.1) is 0 Å². The van der Waals surface area contributed by atoms with Crippen LogP contribution >= 0.6 is 0 Å². The van der Waals surface area contributed by atoms with Crippen molar-refractivity contribution in [1.29, 1.82) is 0 Å². The number of aryl methyl sites for hydroxylation is 2. The summed E-state index contributed by atoms with van der Waals surface area (Å²) in [7, 11) is 0. The second-order valence-corrected chi connectivity index (χ2v) is 4.31. The molecule has 5 nitrogen and oxygen atoms in total. The minimum atomic E-state index is -0.912. The zero-order valence-electron chi connectivity index (χ0n) is 11.1. The first-order chi connectivity index (χ1) is 9.13. The van der Waals surface area contributed by atoms with Crippen molar-refractivity contribution >= 4 is 5.97 Å². The maximum Gasteiger partial charge on any atom is 0.335 e. The molecule has 19 heavy (non-hydrogen) atoms. The molecule has 100 valence electrons. The first kappa shape index (κ1) is 13.3. The van der Waals surface area contributed by atoms with Crippen LogP contribution in [0.15, 0.2) is 24.3 Å². The Balaban J connectivity index is 2.27. The van der Waals surface area contributed by atoms with E-state index in [1.54, 1.807) is 18.2 Å². The molecule has 1 heterocycles. The molecule has 0 amide bonds. The van der Waals surface area contributed by atoms with E-state index in [1.165, 1.54) is 0 Å².